The number of carboxylic acid groups (broad SMARTS) is 1. The predicted octanol–water partition coefficient (Wildman–Crippen LogP) is 1.74. The average molecular weight is 374 g/mol. The Balaban J connectivity index is 3.05. The van der Waals surface area contributed by atoms with Crippen LogP contribution in [-0.2, 0) is 20.8 Å². The van der Waals surface area contributed by atoms with Gasteiger partial charge in [0.05, 0.1) is 15.6 Å². The molecule has 21 heavy (non-hydrogen) atoms. The molecule has 1 rings (SSSR count). The standard InChI is InChI=1S/C11H13Cl2NO5S2/c1-2-20(17)4-3-14-21(18,19)10-5-7(11(15)16)8(12)6-9(10)13/h5-6,14H,2-4H2,1H3,(H,15,16). The SMILES string of the molecule is CCS(=O)CCNS(=O)(=O)c1cc(C(=O)O)c(Cl)cc1Cl. The number of rotatable bonds is 7. The van der Waals surface area contributed by atoms with Crippen LogP contribution in [0.2, 0.25) is 10.0 Å². The lowest BCUT2D eigenvalue weighted by Gasteiger charge is -2.10. The van der Waals surface area contributed by atoms with E-state index in [1.54, 1.807) is 6.92 Å². The minimum Gasteiger partial charge on any atom is -0.478 e. The summed E-state index contributed by atoms with van der Waals surface area (Å²) in [4.78, 5) is 10.6. The van der Waals surface area contributed by atoms with Crippen molar-refractivity contribution in [1.82, 2.24) is 4.72 Å². The van der Waals surface area contributed by atoms with Crippen LogP contribution in [0.25, 0.3) is 0 Å². The van der Waals surface area contributed by atoms with Gasteiger partial charge in [-0.1, -0.05) is 30.1 Å². The fraction of sp³-hybridized carbons (Fsp3) is 0.364. The van der Waals surface area contributed by atoms with Gasteiger partial charge in [-0.3, -0.25) is 4.21 Å². The Morgan fingerprint density at radius 2 is 1.95 bits per heavy atom. The summed E-state index contributed by atoms with van der Waals surface area (Å²) in [7, 11) is -5.12. The number of aromatic carboxylic acids is 1. The molecule has 0 amide bonds. The average Bonchev–Trinajstić information content (AvgIpc) is 2.37. The van der Waals surface area contributed by atoms with Gasteiger partial charge in [-0.15, -0.1) is 0 Å². The fourth-order valence-corrected chi connectivity index (χ4v) is 4.04. The normalized spacial score (nSPS) is 13.1. The molecule has 0 radical (unpaired) electrons. The lowest BCUT2D eigenvalue weighted by molar-refractivity contribution is 0.0697. The second-order valence-electron chi connectivity index (χ2n) is 3.90. The zero-order chi connectivity index (χ0) is 16.2. The molecule has 2 N–H and O–H groups in total. The number of halogens is 2. The lowest BCUT2D eigenvalue weighted by atomic mass is 10.2. The Hall–Kier alpha value is -0.670. The first-order chi connectivity index (χ1) is 9.69. The molecule has 0 aliphatic carbocycles. The summed E-state index contributed by atoms with van der Waals surface area (Å²) in [5.74, 6) is -0.778. The third kappa shape index (κ3) is 4.93. The van der Waals surface area contributed by atoms with E-state index in [1.165, 1.54) is 0 Å². The third-order valence-corrected chi connectivity index (χ3v) is 6.03. The number of hydrogen-bond donors (Lipinski definition) is 2. The van der Waals surface area contributed by atoms with Gasteiger partial charge < -0.3 is 5.11 Å². The van der Waals surface area contributed by atoms with Crippen LogP contribution >= 0.6 is 23.2 Å². The second kappa shape index (κ2) is 7.55. The Morgan fingerprint density at radius 1 is 1.33 bits per heavy atom. The molecular formula is C11H13Cl2NO5S2. The first-order valence-electron chi connectivity index (χ1n) is 5.76. The van der Waals surface area contributed by atoms with Gasteiger partial charge in [0.1, 0.15) is 4.90 Å². The monoisotopic (exact) mass is 373 g/mol. The zero-order valence-corrected chi connectivity index (χ0v) is 14.1. The molecule has 1 unspecified atom stereocenters. The summed E-state index contributed by atoms with van der Waals surface area (Å²) in [6, 6.07) is 1.96. The fourth-order valence-electron chi connectivity index (χ4n) is 1.41. The van der Waals surface area contributed by atoms with E-state index >= 15 is 0 Å². The molecule has 10 heteroatoms. The number of benzene rings is 1. The maximum absolute atomic E-state index is 12.1. The molecule has 0 saturated heterocycles. The maximum Gasteiger partial charge on any atom is 0.337 e. The van der Waals surface area contributed by atoms with Crippen molar-refractivity contribution in [3.05, 3.63) is 27.7 Å². The first-order valence-corrected chi connectivity index (χ1v) is 9.48. The highest BCUT2D eigenvalue weighted by atomic mass is 35.5. The minimum atomic E-state index is -4.01. The Kier molecular flexibility index (Phi) is 6.61. The molecule has 1 atom stereocenters. The van der Waals surface area contributed by atoms with Crippen molar-refractivity contribution in [1.29, 1.82) is 0 Å². The van der Waals surface area contributed by atoms with Crippen LogP contribution in [0.3, 0.4) is 0 Å². The molecule has 0 aliphatic heterocycles. The number of sulfonamides is 1. The second-order valence-corrected chi connectivity index (χ2v) is 8.31. The summed E-state index contributed by atoms with van der Waals surface area (Å²) in [6.45, 7) is 1.68. The van der Waals surface area contributed by atoms with E-state index in [0.717, 1.165) is 12.1 Å². The van der Waals surface area contributed by atoms with E-state index < -0.39 is 26.8 Å². The smallest absolute Gasteiger partial charge is 0.337 e. The number of carbonyl (C=O) groups is 1. The van der Waals surface area contributed by atoms with Crippen molar-refractivity contribution in [3.63, 3.8) is 0 Å². The van der Waals surface area contributed by atoms with Crippen LogP contribution in [0, 0.1) is 0 Å². The van der Waals surface area contributed by atoms with Gasteiger partial charge in [-0.2, -0.15) is 0 Å². The molecule has 118 valence electrons. The van der Waals surface area contributed by atoms with Crippen LogP contribution in [0.15, 0.2) is 17.0 Å². The molecule has 6 nitrogen and oxygen atoms in total. The highest BCUT2D eigenvalue weighted by molar-refractivity contribution is 7.89. The van der Waals surface area contributed by atoms with Crippen molar-refractivity contribution < 1.29 is 22.5 Å². The van der Waals surface area contributed by atoms with Gasteiger partial charge in [0, 0.05) is 28.9 Å². The van der Waals surface area contributed by atoms with E-state index in [1.807, 2.05) is 0 Å². The van der Waals surface area contributed by atoms with Gasteiger partial charge in [-0.05, 0) is 12.1 Å². The molecule has 0 heterocycles. The summed E-state index contributed by atoms with van der Waals surface area (Å²) in [5, 5.41) is 8.60. The quantitative estimate of drug-likeness (QED) is 0.757. The Bertz CT molecular complexity index is 675. The van der Waals surface area contributed by atoms with E-state index in [2.05, 4.69) is 4.72 Å². The summed E-state index contributed by atoms with van der Waals surface area (Å²) in [6.07, 6.45) is 0. The van der Waals surface area contributed by atoms with Gasteiger partial charge in [0.2, 0.25) is 10.0 Å². The van der Waals surface area contributed by atoms with Gasteiger partial charge in [-0.25, -0.2) is 17.9 Å². The number of hydrogen-bond acceptors (Lipinski definition) is 4. The number of carboxylic acids is 1. The molecule has 0 aromatic heterocycles. The number of nitrogens with one attached hydrogen (secondary N) is 1. The van der Waals surface area contributed by atoms with Crippen molar-refractivity contribution in [2.75, 3.05) is 18.1 Å². The van der Waals surface area contributed by atoms with Crippen molar-refractivity contribution in [2.24, 2.45) is 0 Å². The van der Waals surface area contributed by atoms with E-state index in [-0.39, 0.29) is 32.8 Å². The van der Waals surface area contributed by atoms with E-state index in [0.29, 0.717) is 5.75 Å². The van der Waals surface area contributed by atoms with E-state index in [9.17, 15) is 17.4 Å². The topological polar surface area (TPSA) is 101 Å². The zero-order valence-electron chi connectivity index (χ0n) is 10.9. The lowest BCUT2D eigenvalue weighted by Crippen LogP contribution is -2.28. The van der Waals surface area contributed by atoms with Gasteiger partial charge >= 0.3 is 5.97 Å². The highest BCUT2D eigenvalue weighted by Crippen LogP contribution is 2.28. The van der Waals surface area contributed by atoms with E-state index in [4.69, 9.17) is 28.3 Å². The molecule has 0 saturated carbocycles. The molecule has 0 bridgehead atoms. The molecule has 0 spiro atoms. The molecule has 0 aliphatic rings. The Morgan fingerprint density at radius 3 is 2.48 bits per heavy atom. The van der Waals surface area contributed by atoms with Crippen molar-refractivity contribution >= 4 is 50.0 Å². The summed E-state index contributed by atoms with van der Waals surface area (Å²) < 4.78 is 37.6. The van der Waals surface area contributed by atoms with Crippen LogP contribution in [0.5, 0.6) is 0 Å². The highest BCUT2D eigenvalue weighted by Gasteiger charge is 2.22. The Labute approximate surface area is 135 Å². The maximum atomic E-state index is 12.1. The minimum absolute atomic E-state index is 0.0376. The first kappa shape index (κ1) is 18.4. The van der Waals surface area contributed by atoms with Crippen LogP contribution < -0.4 is 4.72 Å². The third-order valence-electron chi connectivity index (χ3n) is 2.49. The van der Waals surface area contributed by atoms with Crippen LogP contribution in [-0.4, -0.2) is 41.8 Å². The largest absolute Gasteiger partial charge is 0.478 e. The van der Waals surface area contributed by atoms with Gasteiger partial charge in [0.15, 0.2) is 0 Å². The van der Waals surface area contributed by atoms with Crippen LogP contribution in [0.1, 0.15) is 17.3 Å². The van der Waals surface area contributed by atoms with Gasteiger partial charge in [0.25, 0.3) is 0 Å². The summed E-state index contributed by atoms with van der Waals surface area (Å²) >= 11 is 11.5. The molecule has 1 aromatic rings. The van der Waals surface area contributed by atoms with Crippen molar-refractivity contribution in [3.8, 4) is 0 Å². The molecular weight excluding hydrogens is 361 g/mol. The molecule has 1 aromatic carbocycles. The predicted molar refractivity (Wildman–Crippen MR) is 82.2 cm³/mol. The summed E-state index contributed by atoms with van der Waals surface area (Å²) in [5.41, 5.74) is -0.362. The van der Waals surface area contributed by atoms with Crippen LogP contribution in [0.4, 0.5) is 0 Å². The molecule has 0 fully saturated rings. The van der Waals surface area contributed by atoms with Crippen molar-refractivity contribution in [2.45, 2.75) is 11.8 Å².